The molecule has 8 nitrogen and oxygen atoms in total. The second kappa shape index (κ2) is 10.6. The third-order valence-electron chi connectivity index (χ3n) is 7.79. The summed E-state index contributed by atoms with van der Waals surface area (Å²) in [6, 6.07) is 3.41. The van der Waals surface area contributed by atoms with Gasteiger partial charge in [-0.25, -0.2) is 4.79 Å². The summed E-state index contributed by atoms with van der Waals surface area (Å²) in [5, 5.41) is 19.2. The normalized spacial score (nSPS) is 33.0. The molecule has 1 spiro atoms. The van der Waals surface area contributed by atoms with Crippen molar-refractivity contribution in [2.75, 3.05) is 20.8 Å². The van der Waals surface area contributed by atoms with Crippen LogP contribution in [0.15, 0.2) is 29.9 Å². The molecule has 1 saturated carbocycles. The lowest BCUT2D eigenvalue weighted by Crippen LogP contribution is -2.55. The van der Waals surface area contributed by atoms with Crippen LogP contribution < -0.4 is 4.74 Å². The molecule has 3 fully saturated rings. The van der Waals surface area contributed by atoms with Gasteiger partial charge in [0.25, 0.3) is 0 Å². The van der Waals surface area contributed by atoms with E-state index in [1.54, 1.807) is 25.3 Å². The quantitative estimate of drug-likeness (QED) is 0.217. The Bertz CT molecular complexity index is 997. The van der Waals surface area contributed by atoms with Gasteiger partial charge >= 0.3 is 5.97 Å². The third-order valence-corrected chi connectivity index (χ3v) is 7.79. The van der Waals surface area contributed by atoms with Crippen LogP contribution >= 0.6 is 0 Å². The van der Waals surface area contributed by atoms with Gasteiger partial charge < -0.3 is 33.9 Å². The summed E-state index contributed by atoms with van der Waals surface area (Å²) in [5.74, 6) is -0.0719. The van der Waals surface area contributed by atoms with Crippen LogP contribution in [0.5, 0.6) is 5.75 Å². The molecule has 1 aromatic rings. The molecule has 6 atom stereocenters. The fraction of sp³-hybridized carbons (Fsp3) is 0.607. The van der Waals surface area contributed by atoms with Crippen LogP contribution in [0.3, 0.4) is 0 Å². The highest BCUT2D eigenvalue weighted by Gasteiger charge is 2.72. The smallest absolute Gasteiger partial charge is 0.331 e. The van der Waals surface area contributed by atoms with Gasteiger partial charge in [0, 0.05) is 18.7 Å². The molecule has 1 aliphatic carbocycles. The molecule has 0 unspecified atom stereocenters. The Morgan fingerprint density at radius 2 is 1.97 bits per heavy atom. The summed E-state index contributed by atoms with van der Waals surface area (Å²) in [5.41, 5.74) is 2.29. The maximum absolute atomic E-state index is 12.8. The lowest BCUT2D eigenvalue weighted by molar-refractivity contribution is -0.166. The van der Waals surface area contributed by atoms with Gasteiger partial charge in [-0.2, -0.15) is 0 Å². The van der Waals surface area contributed by atoms with Gasteiger partial charge in [-0.1, -0.05) is 11.6 Å². The Kier molecular flexibility index (Phi) is 7.92. The van der Waals surface area contributed by atoms with Crippen molar-refractivity contribution in [2.24, 2.45) is 5.92 Å². The van der Waals surface area contributed by atoms with Crippen LogP contribution in [0.1, 0.15) is 56.7 Å². The SMILES string of the molecule is COc1cc(/C=C/C(=O)O[C@@H]2CC[C@]3(CO3)[C@@H]([C@@]3(C)O[C@@H]3CC=C(C)C)[C@@H]2OC)cc(CO)c1CO. The van der Waals surface area contributed by atoms with Crippen LogP contribution in [-0.4, -0.2) is 66.5 Å². The van der Waals surface area contributed by atoms with E-state index < -0.39 is 17.7 Å². The number of carbonyl (C=O) groups excluding carboxylic acids is 1. The second-order valence-corrected chi connectivity index (χ2v) is 10.4. The Labute approximate surface area is 212 Å². The number of carbonyl (C=O) groups is 1. The van der Waals surface area contributed by atoms with Gasteiger partial charge in [0.05, 0.1) is 39.0 Å². The van der Waals surface area contributed by atoms with E-state index >= 15 is 0 Å². The molecular weight excluding hydrogens is 464 g/mol. The van der Waals surface area contributed by atoms with Crippen molar-refractivity contribution < 1.29 is 38.7 Å². The van der Waals surface area contributed by atoms with E-state index in [1.165, 1.54) is 18.8 Å². The number of aliphatic hydroxyl groups is 2. The van der Waals surface area contributed by atoms with Crippen molar-refractivity contribution in [3.63, 3.8) is 0 Å². The van der Waals surface area contributed by atoms with Crippen LogP contribution in [0.2, 0.25) is 0 Å². The molecule has 0 amide bonds. The van der Waals surface area contributed by atoms with E-state index in [0.717, 1.165) is 12.8 Å². The first-order valence-electron chi connectivity index (χ1n) is 12.5. The van der Waals surface area contributed by atoms with Crippen molar-refractivity contribution in [2.45, 2.75) is 82.8 Å². The largest absolute Gasteiger partial charge is 0.496 e. The fourth-order valence-electron chi connectivity index (χ4n) is 5.75. The number of benzene rings is 1. The Hall–Kier alpha value is -2.23. The third kappa shape index (κ3) is 5.24. The predicted molar refractivity (Wildman–Crippen MR) is 133 cm³/mol. The number of epoxide rings is 2. The number of hydrogen-bond donors (Lipinski definition) is 2. The molecule has 3 aliphatic rings. The molecule has 36 heavy (non-hydrogen) atoms. The molecule has 8 heteroatoms. The molecule has 2 aliphatic heterocycles. The molecule has 0 aromatic heterocycles. The second-order valence-electron chi connectivity index (χ2n) is 10.4. The highest BCUT2D eigenvalue weighted by Crippen LogP contribution is 2.59. The molecule has 0 bridgehead atoms. The van der Waals surface area contributed by atoms with Gasteiger partial charge in [0.2, 0.25) is 0 Å². The average Bonchev–Trinajstić information content (AvgIpc) is 3.78. The fourth-order valence-corrected chi connectivity index (χ4v) is 5.75. The number of allylic oxidation sites excluding steroid dienone is 1. The van der Waals surface area contributed by atoms with Crippen LogP contribution in [-0.2, 0) is 37.0 Å². The summed E-state index contributed by atoms with van der Waals surface area (Å²) in [6.45, 7) is 6.43. The first kappa shape index (κ1) is 26.8. The van der Waals surface area contributed by atoms with E-state index in [4.69, 9.17) is 23.7 Å². The summed E-state index contributed by atoms with van der Waals surface area (Å²) in [6.07, 6.45) is 6.76. The maximum atomic E-state index is 12.8. The number of esters is 1. The molecule has 0 radical (unpaired) electrons. The van der Waals surface area contributed by atoms with E-state index in [0.29, 0.717) is 35.5 Å². The number of rotatable bonds is 10. The summed E-state index contributed by atoms with van der Waals surface area (Å²) in [7, 11) is 3.14. The molecule has 2 N–H and O–H groups in total. The maximum Gasteiger partial charge on any atom is 0.331 e. The van der Waals surface area contributed by atoms with Crippen molar-refractivity contribution in [1.82, 2.24) is 0 Å². The van der Waals surface area contributed by atoms with Gasteiger partial charge in [-0.05, 0) is 69.4 Å². The zero-order valence-electron chi connectivity index (χ0n) is 21.8. The minimum absolute atomic E-state index is 0.0384. The monoisotopic (exact) mass is 502 g/mol. The van der Waals surface area contributed by atoms with Crippen molar-refractivity contribution in [3.8, 4) is 5.75 Å². The van der Waals surface area contributed by atoms with Gasteiger partial charge in [-0.3, -0.25) is 0 Å². The minimum Gasteiger partial charge on any atom is -0.496 e. The van der Waals surface area contributed by atoms with E-state index in [2.05, 4.69) is 26.8 Å². The first-order valence-corrected chi connectivity index (χ1v) is 12.5. The molecule has 1 aromatic carbocycles. The van der Waals surface area contributed by atoms with E-state index in [-0.39, 0.29) is 36.9 Å². The standard InChI is InChI=1S/C28H38O8/c1-17(2)6-8-23-27(3,36-23)26-25(33-5)21(10-11-28(26)16-34-28)35-24(31)9-7-18-12-19(14-29)20(15-30)22(13-18)32-4/h6-7,9,12-13,21,23,25-26,29-30H,8,10-11,14-16H2,1-5H3/b9-7+/t21-,23-,25-,26-,27+,28+/m1/s1. The lowest BCUT2D eigenvalue weighted by Gasteiger charge is -2.42. The van der Waals surface area contributed by atoms with Gasteiger partial charge in [0.15, 0.2) is 0 Å². The summed E-state index contributed by atoms with van der Waals surface area (Å²) >= 11 is 0. The summed E-state index contributed by atoms with van der Waals surface area (Å²) < 4.78 is 29.3. The highest BCUT2D eigenvalue weighted by molar-refractivity contribution is 5.87. The number of ether oxygens (including phenoxy) is 5. The molecular formula is C28H38O8. The van der Waals surface area contributed by atoms with Crippen LogP contribution in [0, 0.1) is 5.92 Å². The van der Waals surface area contributed by atoms with Crippen LogP contribution in [0.4, 0.5) is 0 Å². The van der Waals surface area contributed by atoms with Crippen molar-refractivity contribution >= 4 is 12.0 Å². The molecule has 4 rings (SSSR count). The van der Waals surface area contributed by atoms with Gasteiger partial charge in [-0.15, -0.1) is 0 Å². The molecule has 2 heterocycles. The van der Waals surface area contributed by atoms with Crippen LogP contribution in [0.25, 0.3) is 6.08 Å². The zero-order valence-corrected chi connectivity index (χ0v) is 21.8. The lowest BCUT2D eigenvalue weighted by atomic mass is 9.68. The predicted octanol–water partition coefficient (Wildman–Crippen LogP) is 3.31. The molecule has 2 saturated heterocycles. The van der Waals surface area contributed by atoms with Gasteiger partial charge in [0.1, 0.15) is 29.2 Å². The number of hydrogen-bond acceptors (Lipinski definition) is 8. The topological polar surface area (TPSA) is 110 Å². The van der Waals surface area contributed by atoms with Crippen molar-refractivity contribution in [1.29, 1.82) is 0 Å². The van der Waals surface area contributed by atoms with E-state index in [9.17, 15) is 15.0 Å². The minimum atomic E-state index is -0.479. The van der Waals surface area contributed by atoms with Crippen molar-refractivity contribution in [3.05, 3.63) is 46.5 Å². The Morgan fingerprint density at radius 1 is 1.22 bits per heavy atom. The highest BCUT2D eigenvalue weighted by atomic mass is 16.6. The average molecular weight is 503 g/mol. The Morgan fingerprint density at radius 3 is 2.56 bits per heavy atom. The first-order chi connectivity index (χ1) is 17.2. The molecule has 198 valence electrons. The zero-order chi connectivity index (χ0) is 26.1. The van der Waals surface area contributed by atoms with E-state index in [1.807, 2.05) is 0 Å². The summed E-state index contributed by atoms with van der Waals surface area (Å²) in [4.78, 5) is 12.8. The number of aliphatic hydroxyl groups excluding tert-OH is 2. The Balaban J connectivity index is 1.47. The number of methoxy groups -OCH3 is 2.